The highest BCUT2D eigenvalue weighted by Crippen LogP contribution is 1.82. The molecule has 62 valence electrons. The van der Waals surface area contributed by atoms with Gasteiger partial charge in [-0.25, -0.2) is 0 Å². The fourth-order valence-electron chi connectivity index (χ4n) is 0.680. The molecule has 3 heteroatoms. The Morgan fingerprint density at radius 1 is 0.900 bits per heavy atom. The van der Waals surface area contributed by atoms with E-state index in [9.17, 15) is 0 Å². The second-order valence-electron chi connectivity index (χ2n) is 3.05. The van der Waals surface area contributed by atoms with Crippen LogP contribution < -0.4 is 10.6 Å². The van der Waals surface area contributed by atoms with E-state index in [-0.39, 0.29) is 0 Å². The third kappa shape index (κ3) is 6.01. The normalized spacial score (nSPS) is 12.0. The molecule has 0 aromatic rings. The van der Waals surface area contributed by atoms with Gasteiger partial charge >= 0.3 is 0 Å². The molecule has 10 heavy (non-hydrogen) atoms. The van der Waals surface area contributed by atoms with Crippen molar-refractivity contribution < 1.29 is 5.11 Å². The summed E-state index contributed by atoms with van der Waals surface area (Å²) in [6.07, 6.45) is -0.583. The molecular formula is C7H18N2O. The highest BCUT2D eigenvalue weighted by molar-refractivity contribution is 4.58. The van der Waals surface area contributed by atoms with Gasteiger partial charge in [0, 0.05) is 12.1 Å². The molecule has 0 rings (SSSR count). The Kier molecular flexibility index (Phi) is 4.60. The topological polar surface area (TPSA) is 44.3 Å². The maximum Gasteiger partial charge on any atom is 0.160 e. The zero-order valence-corrected chi connectivity index (χ0v) is 7.18. The van der Waals surface area contributed by atoms with Crippen LogP contribution in [0.25, 0.3) is 0 Å². The third-order valence-electron chi connectivity index (χ3n) is 0.982. The molecule has 0 fully saturated rings. The molecule has 0 heterocycles. The van der Waals surface area contributed by atoms with Crippen LogP contribution in [0.3, 0.4) is 0 Å². The Morgan fingerprint density at radius 3 is 1.40 bits per heavy atom. The molecule has 0 saturated heterocycles. The van der Waals surface area contributed by atoms with Crippen molar-refractivity contribution in [2.75, 3.05) is 0 Å². The van der Waals surface area contributed by atoms with Crippen LogP contribution in [0, 0.1) is 0 Å². The molecule has 0 amide bonds. The summed E-state index contributed by atoms with van der Waals surface area (Å²) in [5.41, 5.74) is 0. The van der Waals surface area contributed by atoms with Crippen LogP contribution in [0.15, 0.2) is 0 Å². The van der Waals surface area contributed by atoms with Crippen LogP contribution in [-0.2, 0) is 0 Å². The van der Waals surface area contributed by atoms with Crippen molar-refractivity contribution in [3.63, 3.8) is 0 Å². The summed E-state index contributed by atoms with van der Waals surface area (Å²) >= 11 is 0. The molecule has 3 N–H and O–H groups in total. The quantitative estimate of drug-likeness (QED) is 0.498. The van der Waals surface area contributed by atoms with Gasteiger partial charge in [-0.2, -0.15) is 0 Å². The predicted molar refractivity (Wildman–Crippen MR) is 42.6 cm³/mol. The molecule has 0 aromatic carbocycles. The van der Waals surface area contributed by atoms with E-state index in [1.54, 1.807) is 0 Å². The molecule has 0 radical (unpaired) electrons. The minimum absolute atomic E-state index is 0.307. The molecular weight excluding hydrogens is 128 g/mol. The molecule has 0 atom stereocenters. The molecule has 0 aliphatic heterocycles. The summed E-state index contributed by atoms with van der Waals surface area (Å²) < 4.78 is 0. The van der Waals surface area contributed by atoms with Crippen molar-refractivity contribution in [1.82, 2.24) is 10.6 Å². The highest BCUT2D eigenvalue weighted by atomic mass is 16.3. The molecule has 0 aliphatic rings. The van der Waals surface area contributed by atoms with Gasteiger partial charge in [-0.1, -0.05) is 0 Å². The number of hydrogen-bond acceptors (Lipinski definition) is 3. The second-order valence-corrected chi connectivity index (χ2v) is 3.05. The number of rotatable bonds is 4. The van der Waals surface area contributed by atoms with Crippen LogP contribution in [0.1, 0.15) is 27.7 Å². The molecule has 0 spiro atoms. The van der Waals surface area contributed by atoms with Crippen LogP contribution >= 0.6 is 0 Å². The fraction of sp³-hybridized carbons (Fsp3) is 1.00. The van der Waals surface area contributed by atoms with E-state index in [0.717, 1.165) is 0 Å². The maximum absolute atomic E-state index is 9.17. The van der Waals surface area contributed by atoms with Crippen LogP contribution in [0.5, 0.6) is 0 Å². The first-order valence-corrected chi connectivity index (χ1v) is 3.72. The van der Waals surface area contributed by atoms with Gasteiger partial charge in [-0.15, -0.1) is 0 Å². The molecule has 0 unspecified atom stereocenters. The third-order valence-corrected chi connectivity index (χ3v) is 0.982. The first kappa shape index (κ1) is 9.88. The Balaban J connectivity index is 3.34. The lowest BCUT2D eigenvalue weighted by Crippen LogP contribution is -2.47. The monoisotopic (exact) mass is 146 g/mol. The van der Waals surface area contributed by atoms with Crippen LogP contribution in [-0.4, -0.2) is 23.5 Å². The molecule has 0 aliphatic carbocycles. The SMILES string of the molecule is CC(C)NC(O)NC(C)C. The van der Waals surface area contributed by atoms with Crippen LogP contribution in [0.2, 0.25) is 0 Å². The van der Waals surface area contributed by atoms with E-state index >= 15 is 0 Å². The summed E-state index contributed by atoms with van der Waals surface area (Å²) in [5, 5.41) is 15.0. The van der Waals surface area contributed by atoms with Crippen LogP contribution in [0.4, 0.5) is 0 Å². The van der Waals surface area contributed by atoms with E-state index in [2.05, 4.69) is 10.6 Å². The summed E-state index contributed by atoms with van der Waals surface area (Å²) in [6.45, 7) is 7.97. The van der Waals surface area contributed by atoms with Crippen molar-refractivity contribution in [2.45, 2.75) is 46.1 Å². The highest BCUT2D eigenvalue weighted by Gasteiger charge is 2.04. The molecule has 0 aromatic heterocycles. The fourth-order valence-corrected chi connectivity index (χ4v) is 0.680. The minimum Gasteiger partial charge on any atom is -0.365 e. The van der Waals surface area contributed by atoms with Gasteiger partial charge < -0.3 is 5.11 Å². The maximum atomic E-state index is 9.17. The minimum atomic E-state index is -0.583. The number of aliphatic hydroxyl groups is 1. The van der Waals surface area contributed by atoms with Gasteiger partial charge in [0.05, 0.1) is 0 Å². The van der Waals surface area contributed by atoms with Gasteiger partial charge in [0.25, 0.3) is 0 Å². The van der Waals surface area contributed by atoms with E-state index in [1.165, 1.54) is 0 Å². The van der Waals surface area contributed by atoms with Crippen molar-refractivity contribution in [3.8, 4) is 0 Å². The van der Waals surface area contributed by atoms with E-state index < -0.39 is 6.35 Å². The summed E-state index contributed by atoms with van der Waals surface area (Å²) in [5.74, 6) is 0. The lowest BCUT2D eigenvalue weighted by Gasteiger charge is -2.19. The van der Waals surface area contributed by atoms with Gasteiger partial charge in [0.1, 0.15) is 0 Å². The first-order chi connectivity index (χ1) is 4.52. The largest absolute Gasteiger partial charge is 0.365 e. The van der Waals surface area contributed by atoms with E-state index in [0.29, 0.717) is 12.1 Å². The van der Waals surface area contributed by atoms with Gasteiger partial charge in [0.15, 0.2) is 6.35 Å². The zero-order chi connectivity index (χ0) is 8.15. The second kappa shape index (κ2) is 4.66. The van der Waals surface area contributed by atoms with Gasteiger partial charge in [-0.3, -0.25) is 10.6 Å². The average Bonchev–Trinajstić information content (AvgIpc) is 1.58. The Morgan fingerprint density at radius 2 is 1.20 bits per heavy atom. The first-order valence-electron chi connectivity index (χ1n) is 3.72. The van der Waals surface area contributed by atoms with E-state index in [1.807, 2.05) is 27.7 Å². The van der Waals surface area contributed by atoms with Crippen molar-refractivity contribution in [3.05, 3.63) is 0 Å². The zero-order valence-electron chi connectivity index (χ0n) is 7.18. The summed E-state index contributed by atoms with van der Waals surface area (Å²) in [6, 6.07) is 0.613. The van der Waals surface area contributed by atoms with Crippen molar-refractivity contribution in [2.24, 2.45) is 0 Å². The number of aliphatic hydroxyl groups excluding tert-OH is 1. The van der Waals surface area contributed by atoms with Gasteiger partial charge in [-0.05, 0) is 27.7 Å². The van der Waals surface area contributed by atoms with E-state index in [4.69, 9.17) is 5.11 Å². The molecule has 0 saturated carbocycles. The molecule has 0 bridgehead atoms. The Bertz CT molecular complexity index is 73.7. The number of hydrogen-bond donors (Lipinski definition) is 3. The standard InChI is InChI=1S/C7H18N2O/c1-5(2)8-7(10)9-6(3)4/h5-10H,1-4H3. The lowest BCUT2D eigenvalue weighted by atomic mass is 10.4. The molecule has 3 nitrogen and oxygen atoms in total. The summed E-state index contributed by atoms with van der Waals surface area (Å²) in [7, 11) is 0. The lowest BCUT2D eigenvalue weighted by molar-refractivity contribution is 0.0843. The average molecular weight is 146 g/mol. The van der Waals surface area contributed by atoms with Crippen molar-refractivity contribution >= 4 is 0 Å². The Labute approximate surface area is 62.8 Å². The smallest absolute Gasteiger partial charge is 0.160 e. The van der Waals surface area contributed by atoms with Gasteiger partial charge in [0.2, 0.25) is 0 Å². The Hall–Kier alpha value is -0.120. The number of nitrogens with one attached hydrogen (secondary N) is 2. The van der Waals surface area contributed by atoms with Crippen molar-refractivity contribution in [1.29, 1.82) is 0 Å². The summed E-state index contributed by atoms with van der Waals surface area (Å²) in [4.78, 5) is 0. The predicted octanol–water partition coefficient (Wildman–Crippen LogP) is 0.258.